The first-order valence-corrected chi connectivity index (χ1v) is 8.92. The van der Waals surface area contributed by atoms with E-state index in [2.05, 4.69) is 11.8 Å². The Labute approximate surface area is 115 Å². The summed E-state index contributed by atoms with van der Waals surface area (Å²) in [6, 6.07) is 0.441. The van der Waals surface area contributed by atoms with Gasteiger partial charge in [0.1, 0.15) is 0 Å². The van der Waals surface area contributed by atoms with Crippen molar-refractivity contribution in [2.75, 3.05) is 18.1 Å². The van der Waals surface area contributed by atoms with Crippen LogP contribution in [-0.4, -0.2) is 29.8 Å². The van der Waals surface area contributed by atoms with E-state index in [-0.39, 0.29) is 5.60 Å². The maximum atomic E-state index is 6.61. The van der Waals surface area contributed by atoms with Crippen molar-refractivity contribution in [1.82, 2.24) is 0 Å². The lowest BCUT2D eigenvalue weighted by Gasteiger charge is -2.42. The topological polar surface area (TPSA) is 35.2 Å². The predicted molar refractivity (Wildman–Crippen MR) is 77.9 cm³/mol. The van der Waals surface area contributed by atoms with Crippen molar-refractivity contribution in [2.45, 2.75) is 63.0 Å². The molecule has 3 rings (SSSR count). The van der Waals surface area contributed by atoms with Crippen LogP contribution in [0.4, 0.5) is 0 Å². The Morgan fingerprint density at radius 2 is 1.94 bits per heavy atom. The Morgan fingerprint density at radius 3 is 2.67 bits per heavy atom. The van der Waals surface area contributed by atoms with E-state index in [1.165, 1.54) is 62.9 Å². The number of hydrogen-bond acceptors (Lipinski definition) is 3. The summed E-state index contributed by atoms with van der Waals surface area (Å²) in [5.74, 6) is 4.01. The van der Waals surface area contributed by atoms with Crippen molar-refractivity contribution in [3.63, 3.8) is 0 Å². The lowest BCUT2D eigenvalue weighted by atomic mass is 9.73. The van der Waals surface area contributed by atoms with Crippen LogP contribution in [0.1, 0.15) is 51.4 Å². The second kappa shape index (κ2) is 5.72. The summed E-state index contributed by atoms with van der Waals surface area (Å²) >= 11 is 2.06. The highest BCUT2D eigenvalue weighted by Gasteiger charge is 2.43. The molecule has 2 aliphatic heterocycles. The van der Waals surface area contributed by atoms with E-state index >= 15 is 0 Å². The highest BCUT2D eigenvalue weighted by Crippen LogP contribution is 2.43. The zero-order valence-electron chi connectivity index (χ0n) is 11.4. The average molecular weight is 269 g/mol. The lowest BCUT2D eigenvalue weighted by molar-refractivity contribution is -0.0867. The lowest BCUT2D eigenvalue weighted by Crippen LogP contribution is -2.48. The third kappa shape index (κ3) is 2.73. The van der Waals surface area contributed by atoms with Gasteiger partial charge in [-0.2, -0.15) is 11.8 Å². The zero-order chi connectivity index (χ0) is 12.4. The molecule has 1 saturated carbocycles. The van der Waals surface area contributed by atoms with Gasteiger partial charge in [-0.05, 0) is 49.7 Å². The molecule has 2 N–H and O–H groups in total. The minimum Gasteiger partial charge on any atom is -0.374 e. The SMILES string of the molecule is NC(C1CCCCC1)C1CCOC2(CCSC2)C1. The van der Waals surface area contributed by atoms with Gasteiger partial charge >= 0.3 is 0 Å². The molecule has 0 bridgehead atoms. The van der Waals surface area contributed by atoms with Crippen LogP contribution in [0, 0.1) is 11.8 Å². The van der Waals surface area contributed by atoms with Gasteiger partial charge in [-0.3, -0.25) is 0 Å². The van der Waals surface area contributed by atoms with E-state index in [0.717, 1.165) is 18.4 Å². The Kier molecular flexibility index (Phi) is 4.21. The molecule has 0 radical (unpaired) electrons. The standard InChI is InChI=1S/C15H27NOS/c16-14(12-4-2-1-3-5-12)13-6-8-17-15(10-13)7-9-18-11-15/h12-14H,1-11,16H2. The van der Waals surface area contributed by atoms with Crippen LogP contribution >= 0.6 is 11.8 Å². The Balaban J connectivity index is 1.60. The van der Waals surface area contributed by atoms with Crippen LogP contribution < -0.4 is 5.73 Å². The van der Waals surface area contributed by atoms with Gasteiger partial charge in [0.25, 0.3) is 0 Å². The van der Waals surface area contributed by atoms with Gasteiger partial charge in [0.2, 0.25) is 0 Å². The van der Waals surface area contributed by atoms with Crippen molar-refractivity contribution in [1.29, 1.82) is 0 Å². The van der Waals surface area contributed by atoms with Crippen LogP contribution in [0.15, 0.2) is 0 Å². The van der Waals surface area contributed by atoms with Crippen LogP contribution in [0.5, 0.6) is 0 Å². The fourth-order valence-electron chi connectivity index (χ4n) is 4.16. The predicted octanol–water partition coefficient (Wildman–Crippen LogP) is 3.20. The Bertz CT molecular complexity index is 272. The van der Waals surface area contributed by atoms with Gasteiger partial charge in [0.05, 0.1) is 5.60 Å². The minimum absolute atomic E-state index is 0.208. The number of nitrogens with two attached hydrogens (primary N) is 1. The molecule has 0 aromatic heterocycles. The van der Waals surface area contributed by atoms with Crippen LogP contribution in [0.25, 0.3) is 0 Å². The summed E-state index contributed by atoms with van der Waals surface area (Å²) in [6.07, 6.45) is 10.7. The van der Waals surface area contributed by atoms with Gasteiger partial charge in [0.15, 0.2) is 0 Å². The number of hydrogen-bond donors (Lipinski definition) is 1. The summed E-state index contributed by atoms with van der Waals surface area (Å²) in [4.78, 5) is 0. The number of thioether (sulfide) groups is 1. The summed E-state index contributed by atoms with van der Waals surface area (Å²) in [5, 5.41) is 0. The van der Waals surface area contributed by atoms with Gasteiger partial charge in [-0.25, -0.2) is 0 Å². The summed E-state index contributed by atoms with van der Waals surface area (Å²) in [6.45, 7) is 0.950. The maximum absolute atomic E-state index is 6.61. The monoisotopic (exact) mass is 269 g/mol. The van der Waals surface area contributed by atoms with E-state index in [1.807, 2.05) is 0 Å². The van der Waals surface area contributed by atoms with Crippen LogP contribution in [0.3, 0.4) is 0 Å². The molecule has 0 aromatic carbocycles. The van der Waals surface area contributed by atoms with Gasteiger partial charge in [0, 0.05) is 18.4 Å². The van der Waals surface area contributed by atoms with E-state index < -0.39 is 0 Å². The first-order chi connectivity index (χ1) is 8.79. The molecule has 0 amide bonds. The van der Waals surface area contributed by atoms with E-state index in [4.69, 9.17) is 10.5 Å². The van der Waals surface area contributed by atoms with Crippen molar-refractivity contribution >= 4 is 11.8 Å². The molecule has 3 atom stereocenters. The molecule has 2 heterocycles. The number of ether oxygens (including phenoxy) is 1. The normalized spacial score (nSPS) is 40.2. The van der Waals surface area contributed by atoms with Crippen LogP contribution in [0.2, 0.25) is 0 Å². The quantitative estimate of drug-likeness (QED) is 0.836. The van der Waals surface area contributed by atoms with Gasteiger partial charge < -0.3 is 10.5 Å². The summed E-state index contributed by atoms with van der Waals surface area (Å²) in [5.41, 5.74) is 6.82. The molecule has 1 aliphatic carbocycles. The Hall–Kier alpha value is 0.270. The molecule has 2 nitrogen and oxygen atoms in total. The Morgan fingerprint density at radius 1 is 1.11 bits per heavy atom. The third-order valence-corrected chi connectivity index (χ3v) is 6.56. The second-order valence-electron chi connectivity index (χ2n) is 6.56. The maximum Gasteiger partial charge on any atom is 0.0783 e. The molecule has 0 aromatic rings. The molecule has 3 aliphatic rings. The highest BCUT2D eigenvalue weighted by atomic mass is 32.2. The first-order valence-electron chi connectivity index (χ1n) is 7.76. The van der Waals surface area contributed by atoms with E-state index in [1.54, 1.807) is 0 Å². The molecule has 18 heavy (non-hydrogen) atoms. The molecular formula is C15H27NOS. The van der Waals surface area contributed by atoms with Crippen molar-refractivity contribution in [2.24, 2.45) is 17.6 Å². The van der Waals surface area contributed by atoms with Crippen LogP contribution in [-0.2, 0) is 4.74 Å². The van der Waals surface area contributed by atoms with E-state index in [9.17, 15) is 0 Å². The van der Waals surface area contributed by atoms with E-state index in [0.29, 0.717) is 6.04 Å². The van der Waals surface area contributed by atoms with Gasteiger partial charge in [-0.1, -0.05) is 19.3 Å². The second-order valence-corrected chi connectivity index (χ2v) is 7.67. The van der Waals surface area contributed by atoms with Crippen molar-refractivity contribution < 1.29 is 4.74 Å². The molecule has 104 valence electrons. The fourth-order valence-corrected chi connectivity index (χ4v) is 5.54. The third-order valence-electron chi connectivity index (χ3n) is 5.34. The number of rotatable bonds is 2. The molecule has 3 heteroatoms. The zero-order valence-corrected chi connectivity index (χ0v) is 12.2. The summed E-state index contributed by atoms with van der Waals surface area (Å²) < 4.78 is 6.12. The van der Waals surface area contributed by atoms with Crippen molar-refractivity contribution in [3.8, 4) is 0 Å². The first kappa shape index (κ1) is 13.3. The largest absolute Gasteiger partial charge is 0.374 e. The average Bonchev–Trinajstić information content (AvgIpc) is 2.87. The fraction of sp³-hybridized carbons (Fsp3) is 1.00. The molecule has 3 fully saturated rings. The smallest absolute Gasteiger partial charge is 0.0783 e. The summed E-state index contributed by atoms with van der Waals surface area (Å²) in [7, 11) is 0. The minimum atomic E-state index is 0.208. The van der Waals surface area contributed by atoms with Gasteiger partial charge in [-0.15, -0.1) is 0 Å². The van der Waals surface area contributed by atoms with Crippen molar-refractivity contribution in [3.05, 3.63) is 0 Å². The molecule has 1 spiro atoms. The molecule has 2 saturated heterocycles. The molecule has 3 unspecified atom stereocenters. The highest BCUT2D eigenvalue weighted by molar-refractivity contribution is 7.99. The molecular weight excluding hydrogens is 242 g/mol.